The van der Waals surface area contributed by atoms with Crippen LogP contribution in [0.4, 0.5) is 4.79 Å². The van der Waals surface area contributed by atoms with Crippen LogP contribution in [0.15, 0.2) is 52.5 Å². The quantitative estimate of drug-likeness (QED) is 0.494. The van der Waals surface area contributed by atoms with E-state index in [9.17, 15) is 19.6 Å². The van der Waals surface area contributed by atoms with Gasteiger partial charge in [-0.25, -0.2) is 4.79 Å². The van der Waals surface area contributed by atoms with Crippen LogP contribution in [0.2, 0.25) is 0 Å². The zero-order valence-electron chi connectivity index (χ0n) is 17.1. The summed E-state index contributed by atoms with van der Waals surface area (Å²) in [7, 11) is 0. The molecule has 2 aromatic rings. The Morgan fingerprint density at radius 2 is 1.91 bits per heavy atom. The first kappa shape index (κ1) is 21.8. The third-order valence-electron chi connectivity index (χ3n) is 5.61. The van der Waals surface area contributed by atoms with Crippen LogP contribution >= 0.6 is 15.9 Å². The molecule has 1 aliphatic carbocycles. The van der Waals surface area contributed by atoms with E-state index in [2.05, 4.69) is 27.3 Å². The lowest BCUT2D eigenvalue weighted by atomic mass is 10.1. The molecule has 0 spiro atoms. The molecule has 0 aromatic heterocycles. The first-order chi connectivity index (χ1) is 15.5. The van der Waals surface area contributed by atoms with Crippen molar-refractivity contribution in [3.63, 3.8) is 0 Å². The first-order valence-electron chi connectivity index (χ1n) is 10.3. The van der Waals surface area contributed by atoms with E-state index in [1.54, 1.807) is 30.3 Å². The molecule has 1 saturated heterocycles. The molecule has 1 saturated carbocycles. The molecular weight excluding hydrogens is 474 g/mol. The van der Waals surface area contributed by atoms with E-state index in [0.29, 0.717) is 21.3 Å². The molecule has 4 amide bonds. The average molecular weight is 494 g/mol. The number of halogens is 1. The van der Waals surface area contributed by atoms with Crippen molar-refractivity contribution in [3.8, 4) is 11.8 Å². The van der Waals surface area contributed by atoms with Crippen molar-refractivity contribution >= 4 is 39.9 Å². The van der Waals surface area contributed by atoms with Crippen LogP contribution in [0.5, 0.6) is 5.75 Å². The Kier molecular flexibility index (Phi) is 6.37. The Bertz CT molecular complexity index is 1160. The van der Waals surface area contributed by atoms with Gasteiger partial charge in [0.1, 0.15) is 17.9 Å². The van der Waals surface area contributed by atoms with Crippen molar-refractivity contribution in [2.45, 2.75) is 38.3 Å². The highest BCUT2D eigenvalue weighted by Crippen LogP contribution is 2.30. The van der Waals surface area contributed by atoms with Gasteiger partial charge in [-0.05, 0) is 58.6 Å². The zero-order chi connectivity index (χ0) is 22.7. The summed E-state index contributed by atoms with van der Waals surface area (Å²) in [5.41, 5.74) is 1.86. The molecule has 0 atom stereocenters. The first-order valence-corrected chi connectivity index (χ1v) is 11.1. The lowest BCUT2D eigenvalue weighted by Gasteiger charge is -2.31. The third-order valence-corrected chi connectivity index (χ3v) is 6.23. The molecule has 0 unspecified atom stereocenters. The highest BCUT2D eigenvalue weighted by atomic mass is 79.9. The second-order valence-corrected chi connectivity index (χ2v) is 8.53. The molecule has 162 valence electrons. The molecule has 1 N–H and O–H groups in total. The maximum Gasteiger partial charge on any atom is 0.331 e. The minimum absolute atomic E-state index is 0.0694. The minimum Gasteiger partial charge on any atom is -0.488 e. The van der Waals surface area contributed by atoms with Crippen molar-refractivity contribution in [1.82, 2.24) is 10.2 Å². The van der Waals surface area contributed by atoms with E-state index in [0.717, 1.165) is 31.2 Å². The molecule has 8 heteroatoms. The van der Waals surface area contributed by atoms with Crippen LogP contribution in [-0.4, -0.2) is 28.8 Å². The van der Waals surface area contributed by atoms with E-state index in [1.165, 1.54) is 11.0 Å². The molecule has 7 nitrogen and oxygen atoms in total. The maximum absolute atomic E-state index is 12.9. The number of hydrogen-bond acceptors (Lipinski definition) is 5. The lowest BCUT2D eigenvalue weighted by Crippen LogP contribution is -2.57. The lowest BCUT2D eigenvalue weighted by molar-refractivity contribution is -0.131. The average Bonchev–Trinajstić information content (AvgIpc) is 3.30. The van der Waals surface area contributed by atoms with Crippen LogP contribution in [0.3, 0.4) is 0 Å². The fraction of sp³-hybridized carbons (Fsp3) is 0.250. The van der Waals surface area contributed by atoms with Gasteiger partial charge in [0.2, 0.25) is 0 Å². The van der Waals surface area contributed by atoms with Gasteiger partial charge in [-0.1, -0.05) is 37.1 Å². The number of hydrogen-bond donors (Lipinski definition) is 1. The van der Waals surface area contributed by atoms with Crippen molar-refractivity contribution < 1.29 is 19.1 Å². The number of carbonyl (C=O) groups is 3. The monoisotopic (exact) mass is 493 g/mol. The number of carbonyl (C=O) groups excluding carboxylic acids is 3. The highest BCUT2D eigenvalue weighted by Gasteiger charge is 2.40. The van der Waals surface area contributed by atoms with E-state index in [1.807, 2.05) is 12.1 Å². The number of imide groups is 2. The Balaban J connectivity index is 1.53. The van der Waals surface area contributed by atoms with Crippen LogP contribution in [0.25, 0.3) is 6.08 Å². The zero-order valence-corrected chi connectivity index (χ0v) is 18.7. The van der Waals surface area contributed by atoms with Gasteiger partial charge in [-0.2, -0.15) is 5.26 Å². The molecule has 2 aliphatic rings. The molecule has 1 heterocycles. The fourth-order valence-corrected chi connectivity index (χ4v) is 4.48. The predicted molar refractivity (Wildman–Crippen MR) is 120 cm³/mol. The Labute approximate surface area is 193 Å². The summed E-state index contributed by atoms with van der Waals surface area (Å²) in [6.45, 7) is 0.224. The second kappa shape index (κ2) is 9.37. The van der Waals surface area contributed by atoms with Gasteiger partial charge >= 0.3 is 6.03 Å². The van der Waals surface area contributed by atoms with E-state index in [-0.39, 0.29) is 18.2 Å². The van der Waals surface area contributed by atoms with Gasteiger partial charge in [0.05, 0.1) is 16.1 Å². The van der Waals surface area contributed by atoms with Gasteiger partial charge in [0, 0.05) is 11.6 Å². The number of rotatable bonds is 5. The van der Waals surface area contributed by atoms with Gasteiger partial charge in [0.15, 0.2) is 0 Å². The van der Waals surface area contributed by atoms with Crippen LogP contribution in [-0.2, 0) is 16.2 Å². The minimum atomic E-state index is -0.696. The summed E-state index contributed by atoms with van der Waals surface area (Å²) in [4.78, 5) is 38.7. The second-order valence-electron chi connectivity index (χ2n) is 7.68. The van der Waals surface area contributed by atoms with Crippen molar-refractivity contribution in [3.05, 3.63) is 69.2 Å². The van der Waals surface area contributed by atoms with Gasteiger partial charge in [-0.15, -0.1) is 0 Å². The number of nitriles is 1. The molecule has 4 rings (SSSR count). The topological polar surface area (TPSA) is 99.5 Å². The Morgan fingerprint density at radius 3 is 2.62 bits per heavy atom. The van der Waals surface area contributed by atoms with Crippen molar-refractivity contribution in [1.29, 1.82) is 5.26 Å². The number of benzene rings is 2. The van der Waals surface area contributed by atoms with E-state index >= 15 is 0 Å². The van der Waals surface area contributed by atoms with Gasteiger partial charge in [-0.3, -0.25) is 19.8 Å². The number of barbiturate groups is 1. The molecule has 1 aliphatic heterocycles. The number of nitrogens with zero attached hydrogens (tertiary/aromatic N) is 2. The number of urea groups is 1. The Morgan fingerprint density at radius 1 is 1.16 bits per heavy atom. The molecule has 0 radical (unpaired) electrons. The number of nitrogens with one attached hydrogen (secondary N) is 1. The van der Waals surface area contributed by atoms with Crippen LogP contribution in [0.1, 0.15) is 42.4 Å². The van der Waals surface area contributed by atoms with E-state index in [4.69, 9.17) is 4.74 Å². The summed E-state index contributed by atoms with van der Waals surface area (Å²) in [6, 6.07) is 13.7. The largest absolute Gasteiger partial charge is 0.488 e. The molecule has 2 fully saturated rings. The summed E-state index contributed by atoms with van der Waals surface area (Å²) >= 11 is 3.46. The fourth-order valence-electron chi connectivity index (χ4n) is 3.97. The standard InChI is InChI=1S/C24H20BrN3O4/c25-20-12-15(9-10-21(20)32-14-17-6-2-1-5-16(17)13-26)11-19-22(29)27-24(31)28(23(19)30)18-7-3-4-8-18/h1-2,5-6,9-12,18H,3-4,7-8,14H2,(H,27,29,31)/b19-11+. The summed E-state index contributed by atoms with van der Waals surface area (Å²) in [6.07, 6.45) is 4.91. The predicted octanol–water partition coefficient (Wildman–Crippen LogP) is 4.30. The molecule has 32 heavy (non-hydrogen) atoms. The van der Waals surface area contributed by atoms with Crippen LogP contribution in [0, 0.1) is 11.3 Å². The Hall–Kier alpha value is -3.44. The van der Waals surface area contributed by atoms with Crippen molar-refractivity contribution in [2.75, 3.05) is 0 Å². The molecule has 0 bridgehead atoms. The van der Waals surface area contributed by atoms with Crippen LogP contribution < -0.4 is 10.1 Å². The molecular formula is C24H20BrN3O4. The van der Waals surface area contributed by atoms with Gasteiger partial charge in [0.25, 0.3) is 11.8 Å². The third kappa shape index (κ3) is 4.43. The SMILES string of the molecule is N#Cc1ccccc1COc1ccc(/C=C2\C(=O)NC(=O)N(C3CCCC3)C2=O)cc1Br. The van der Waals surface area contributed by atoms with E-state index < -0.39 is 17.8 Å². The highest BCUT2D eigenvalue weighted by molar-refractivity contribution is 9.10. The van der Waals surface area contributed by atoms with Crippen molar-refractivity contribution in [2.24, 2.45) is 0 Å². The normalized spacial score (nSPS) is 18.1. The summed E-state index contributed by atoms with van der Waals surface area (Å²) in [5.74, 6) is -0.698. The maximum atomic E-state index is 12.9. The summed E-state index contributed by atoms with van der Waals surface area (Å²) in [5, 5.41) is 11.5. The van der Waals surface area contributed by atoms with Gasteiger partial charge < -0.3 is 4.74 Å². The summed E-state index contributed by atoms with van der Waals surface area (Å²) < 4.78 is 6.47. The smallest absolute Gasteiger partial charge is 0.331 e. The number of amides is 4. The molecule has 2 aromatic carbocycles. The number of ether oxygens (including phenoxy) is 1.